The lowest BCUT2D eigenvalue weighted by Gasteiger charge is -2.38. The Morgan fingerprint density at radius 1 is 0.569 bits per heavy atom. The summed E-state index contributed by atoms with van der Waals surface area (Å²) in [7, 11) is 7.64. The molecular weight excluding hydrogens is 717 g/mol. The number of likely N-dealkylation sites (N-methyl/N-ethyl adjacent to an activating group) is 2. The molecule has 0 spiro atoms. The fraction of sp³-hybridized carbons (Fsp3) is 0.481. The van der Waals surface area contributed by atoms with Crippen molar-refractivity contribution in [2.45, 2.75) is 121 Å². The van der Waals surface area contributed by atoms with Crippen molar-refractivity contribution in [1.82, 2.24) is 4.90 Å². The van der Waals surface area contributed by atoms with E-state index in [0.29, 0.717) is 6.54 Å². The van der Waals surface area contributed by atoms with Crippen LogP contribution < -0.4 is 0 Å². The molecule has 6 nitrogen and oxygen atoms in total. The quantitative estimate of drug-likeness (QED) is 0.0643. The number of carbonyl (C=O) groups excluding carboxylic acids is 2. The molecule has 6 heteroatoms. The van der Waals surface area contributed by atoms with Crippen LogP contribution in [0.4, 0.5) is 0 Å². The number of ether oxygens (including phenoxy) is 2. The molecule has 4 unspecified atom stereocenters. The van der Waals surface area contributed by atoms with Gasteiger partial charge < -0.3 is 9.47 Å². The third-order valence-electron chi connectivity index (χ3n) is 12.5. The molecule has 0 aliphatic heterocycles. The Kier molecular flexibility index (Phi) is 15.4. The molecular formula is C52H71N2O4+. The summed E-state index contributed by atoms with van der Waals surface area (Å²) in [6.07, 6.45) is 1.38. The summed E-state index contributed by atoms with van der Waals surface area (Å²) in [5.41, 5.74) is 17.3. The minimum Gasteiger partial charge on any atom is -0.381 e. The number of hydrogen-bond donors (Lipinski definition) is 0. The average Bonchev–Trinajstić information content (AvgIpc) is 3.10. The predicted octanol–water partition coefficient (Wildman–Crippen LogP) is 10.9. The Hall–Kier alpha value is -4.23. The predicted molar refractivity (Wildman–Crippen MR) is 242 cm³/mol. The van der Waals surface area contributed by atoms with Crippen molar-refractivity contribution in [3.05, 3.63) is 138 Å². The van der Waals surface area contributed by atoms with Crippen molar-refractivity contribution in [1.29, 1.82) is 0 Å². The SMILES string of the molecule is COC(C)C(C=[N+](C)[C@@H](c1c(C)cc(C)cc1C)[C@H](c1c(C)cc(C)cc1C)N(C)CC(C(=O)c1c(C)cc(C)cc1C)C(C)OC)C(=O)c1c(C)cc(C)cc1C. The monoisotopic (exact) mass is 788 g/mol. The van der Waals surface area contributed by atoms with Crippen LogP contribution in [0.1, 0.15) is 125 Å². The Bertz CT molecular complexity index is 2100. The number of rotatable bonds is 16. The number of Topliss-reactive ketones (excluding diaryl/α,β-unsaturated/α-hetero) is 2. The van der Waals surface area contributed by atoms with E-state index in [9.17, 15) is 9.59 Å². The molecule has 0 fully saturated rings. The highest BCUT2D eigenvalue weighted by atomic mass is 16.5. The van der Waals surface area contributed by atoms with Gasteiger partial charge in [-0.3, -0.25) is 14.5 Å². The van der Waals surface area contributed by atoms with Crippen molar-refractivity contribution >= 4 is 17.8 Å². The smallest absolute Gasteiger partial charge is 0.197 e. The third-order valence-corrected chi connectivity index (χ3v) is 12.5. The summed E-state index contributed by atoms with van der Waals surface area (Å²) in [6.45, 7) is 29.8. The largest absolute Gasteiger partial charge is 0.381 e. The van der Waals surface area contributed by atoms with Crippen LogP contribution >= 0.6 is 0 Å². The lowest BCUT2D eigenvalue weighted by Crippen LogP contribution is -2.44. The Labute approximate surface area is 350 Å². The van der Waals surface area contributed by atoms with Gasteiger partial charge in [-0.1, -0.05) is 70.8 Å². The van der Waals surface area contributed by atoms with Crippen LogP contribution in [0.15, 0.2) is 48.5 Å². The van der Waals surface area contributed by atoms with E-state index in [1.54, 1.807) is 14.2 Å². The molecule has 4 rings (SSSR count). The lowest BCUT2D eigenvalue weighted by molar-refractivity contribution is -0.551. The van der Waals surface area contributed by atoms with E-state index in [-0.39, 0.29) is 35.9 Å². The Morgan fingerprint density at radius 3 is 1.29 bits per heavy atom. The molecule has 4 aromatic carbocycles. The van der Waals surface area contributed by atoms with Gasteiger partial charge in [0.05, 0.1) is 18.1 Å². The second-order valence-corrected chi connectivity index (χ2v) is 17.6. The summed E-state index contributed by atoms with van der Waals surface area (Å²) in [5, 5.41) is 0. The Morgan fingerprint density at radius 2 is 0.914 bits per heavy atom. The van der Waals surface area contributed by atoms with Gasteiger partial charge in [-0.2, -0.15) is 0 Å². The number of aryl methyl sites for hydroxylation is 12. The first-order valence-corrected chi connectivity index (χ1v) is 20.9. The molecule has 0 amide bonds. The standard InChI is InChI=1S/C52H71N2O4/c1-29-19-33(5)45(34(6)20-29)49(53(15)27-43(41(13)57-17)51(55)47-37(9)23-31(3)24-38(47)10)50(46-35(7)21-30(2)22-36(46)8)54(16)28-44(42(14)58-18)52(56)48-39(11)25-32(4)26-40(48)12/h19-27,41-44,49-50H,28H2,1-18H3/q+1/t41?,42?,43?,44?,49-,50-/m0/s1. The van der Waals surface area contributed by atoms with Crippen molar-refractivity contribution in [2.24, 2.45) is 11.8 Å². The molecule has 58 heavy (non-hydrogen) atoms. The van der Waals surface area contributed by atoms with Gasteiger partial charge >= 0.3 is 0 Å². The van der Waals surface area contributed by atoms with Crippen LogP contribution in [0.25, 0.3) is 0 Å². The maximum atomic E-state index is 14.9. The van der Waals surface area contributed by atoms with Crippen LogP contribution in [0.2, 0.25) is 0 Å². The fourth-order valence-electron chi connectivity index (χ4n) is 9.94. The van der Waals surface area contributed by atoms with Crippen LogP contribution in [0, 0.1) is 94.9 Å². The second kappa shape index (κ2) is 19.2. The molecule has 0 saturated heterocycles. The highest BCUT2D eigenvalue weighted by Gasteiger charge is 2.42. The zero-order valence-electron chi connectivity index (χ0n) is 38.9. The average molecular weight is 788 g/mol. The Balaban J connectivity index is 2.06. The maximum Gasteiger partial charge on any atom is 0.197 e. The number of methoxy groups -OCH3 is 2. The van der Waals surface area contributed by atoms with Crippen LogP contribution in [0.3, 0.4) is 0 Å². The number of nitrogens with zero attached hydrogens (tertiary/aromatic N) is 2. The maximum absolute atomic E-state index is 14.9. The molecule has 0 bridgehead atoms. The molecule has 0 radical (unpaired) electrons. The van der Waals surface area contributed by atoms with Crippen LogP contribution in [-0.2, 0) is 9.47 Å². The summed E-state index contributed by atoms with van der Waals surface area (Å²) in [5.74, 6) is -0.877. The summed E-state index contributed by atoms with van der Waals surface area (Å²) in [6, 6.07) is 16.9. The van der Waals surface area contributed by atoms with Crippen molar-refractivity contribution < 1.29 is 23.6 Å². The van der Waals surface area contributed by atoms with E-state index in [2.05, 4.69) is 134 Å². The molecule has 0 aliphatic rings. The number of benzene rings is 4. The molecule has 0 heterocycles. The lowest BCUT2D eigenvalue weighted by atomic mass is 9.81. The number of hydrogen-bond acceptors (Lipinski definition) is 5. The van der Waals surface area contributed by atoms with E-state index >= 15 is 0 Å². The molecule has 312 valence electrons. The van der Waals surface area contributed by atoms with E-state index in [0.717, 1.165) is 44.5 Å². The van der Waals surface area contributed by atoms with E-state index in [1.165, 1.54) is 44.5 Å². The van der Waals surface area contributed by atoms with Gasteiger partial charge in [0.25, 0.3) is 0 Å². The summed E-state index contributed by atoms with van der Waals surface area (Å²) < 4.78 is 14.3. The highest BCUT2D eigenvalue weighted by molar-refractivity contribution is 6.07. The molecule has 0 aliphatic carbocycles. The second-order valence-electron chi connectivity index (χ2n) is 17.6. The van der Waals surface area contributed by atoms with Gasteiger partial charge in [0.2, 0.25) is 0 Å². The van der Waals surface area contributed by atoms with E-state index in [4.69, 9.17) is 9.47 Å². The van der Waals surface area contributed by atoms with Gasteiger partial charge in [0, 0.05) is 37.5 Å². The number of ketones is 2. The zero-order valence-corrected chi connectivity index (χ0v) is 38.9. The molecule has 6 atom stereocenters. The molecule has 4 aromatic rings. The van der Waals surface area contributed by atoms with Gasteiger partial charge in [0.1, 0.15) is 19.0 Å². The van der Waals surface area contributed by atoms with E-state index in [1.807, 2.05) is 41.5 Å². The first-order chi connectivity index (χ1) is 27.1. The van der Waals surface area contributed by atoms with Crippen LogP contribution in [0.5, 0.6) is 0 Å². The normalized spacial score (nSPS) is 15.3. The molecule has 0 aromatic heterocycles. The van der Waals surface area contributed by atoms with Gasteiger partial charge in [0.15, 0.2) is 23.8 Å². The molecule has 0 saturated carbocycles. The summed E-state index contributed by atoms with van der Waals surface area (Å²) in [4.78, 5) is 32.1. The minimum atomic E-state index is -0.565. The van der Waals surface area contributed by atoms with Gasteiger partial charge in [-0.05, 0) is 154 Å². The zero-order chi connectivity index (χ0) is 43.5. The topological polar surface area (TPSA) is 58.9 Å². The van der Waals surface area contributed by atoms with Gasteiger partial charge in [-0.15, -0.1) is 0 Å². The first-order valence-electron chi connectivity index (χ1n) is 20.9. The minimum absolute atomic E-state index is 0.0447. The van der Waals surface area contributed by atoms with Crippen molar-refractivity contribution in [3.63, 3.8) is 0 Å². The highest BCUT2D eigenvalue weighted by Crippen LogP contribution is 2.43. The van der Waals surface area contributed by atoms with E-state index < -0.39 is 11.8 Å². The molecule has 0 N–H and O–H groups in total. The van der Waals surface area contributed by atoms with Crippen molar-refractivity contribution in [2.75, 3.05) is 34.9 Å². The van der Waals surface area contributed by atoms with Crippen molar-refractivity contribution in [3.8, 4) is 0 Å². The number of carbonyl (C=O) groups is 2. The third kappa shape index (κ3) is 9.96. The van der Waals surface area contributed by atoms with Crippen LogP contribution in [-0.4, -0.2) is 74.3 Å². The fourth-order valence-corrected chi connectivity index (χ4v) is 9.94. The van der Waals surface area contributed by atoms with Gasteiger partial charge in [-0.25, -0.2) is 4.58 Å². The summed E-state index contributed by atoms with van der Waals surface area (Å²) >= 11 is 0. The first kappa shape index (κ1) is 46.5.